The number of aromatic amines is 2. The molecule has 2 aliphatic heterocycles. The second-order valence-corrected chi connectivity index (χ2v) is 6.93. The van der Waals surface area contributed by atoms with E-state index in [1.165, 1.54) is 5.56 Å². The Hall–Kier alpha value is -2.19. The number of ether oxygens (including phenoxy) is 1. The van der Waals surface area contributed by atoms with Crippen LogP contribution in [0.2, 0.25) is 0 Å². The number of hydrogen-bond donors (Lipinski definition) is 2. The summed E-state index contributed by atoms with van der Waals surface area (Å²) in [7, 11) is 0. The summed E-state index contributed by atoms with van der Waals surface area (Å²) in [4.78, 5) is 17.2. The Bertz CT molecular complexity index is 732. The molecular formula is C17H24N6O2. The highest BCUT2D eigenvalue weighted by Gasteiger charge is 2.32. The number of nitrogens with zero attached hydrogens (tertiary/aromatic N) is 4. The highest BCUT2D eigenvalue weighted by molar-refractivity contribution is 5.94. The van der Waals surface area contributed by atoms with E-state index in [2.05, 4.69) is 25.3 Å². The van der Waals surface area contributed by atoms with Crippen molar-refractivity contribution in [2.75, 3.05) is 26.2 Å². The summed E-state index contributed by atoms with van der Waals surface area (Å²) < 4.78 is 5.80. The van der Waals surface area contributed by atoms with Crippen LogP contribution in [0.1, 0.15) is 47.3 Å². The zero-order chi connectivity index (χ0) is 17.4. The first-order chi connectivity index (χ1) is 12.1. The number of carbonyl (C=O) groups is 1. The van der Waals surface area contributed by atoms with Gasteiger partial charge in [0.15, 0.2) is 5.69 Å². The van der Waals surface area contributed by atoms with Gasteiger partial charge in [0.1, 0.15) is 0 Å². The third-order valence-electron chi connectivity index (χ3n) is 5.06. The van der Waals surface area contributed by atoms with Crippen molar-refractivity contribution in [3.05, 3.63) is 34.9 Å². The van der Waals surface area contributed by atoms with Gasteiger partial charge in [0.05, 0.1) is 24.1 Å². The van der Waals surface area contributed by atoms with Crippen LogP contribution in [0.5, 0.6) is 0 Å². The number of hydrogen-bond acceptors (Lipinski definition) is 5. The molecule has 4 heterocycles. The lowest BCUT2D eigenvalue weighted by molar-refractivity contribution is -0.00704. The number of rotatable bonds is 3. The molecule has 1 fully saturated rings. The predicted molar refractivity (Wildman–Crippen MR) is 91.0 cm³/mol. The van der Waals surface area contributed by atoms with Crippen LogP contribution in [-0.4, -0.2) is 68.4 Å². The van der Waals surface area contributed by atoms with Gasteiger partial charge >= 0.3 is 0 Å². The van der Waals surface area contributed by atoms with Crippen LogP contribution in [-0.2, 0) is 17.7 Å². The third kappa shape index (κ3) is 3.19. The first-order valence-corrected chi connectivity index (χ1v) is 8.83. The maximum atomic E-state index is 12.9. The Labute approximate surface area is 146 Å². The molecule has 0 bridgehead atoms. The molecule has 0 aliphatic carbocycles. The summed E-state index contributed by atoms with van der Waals surface area (Å²) in [6, 6.07) is 0. The second kappa shape index (κ2) is 6.61. The fourth-order valence-corrected chi connectivity index (χ4v) is 3.73. The maximum absolute atomic E-state index is 12.9. The molecule has 2 aromatic rings. The number of fused-ring (bicyclic) bond motifs is 1. The Kier molecular flexibility index (Phi) is 4.30. The molecule has 0 radical (unpaired) electrons. The van der Waals surface area contributed by atoms with E-state index in [0.29, 0.717) is 5.69 Å². The van der Waals surface area contributed by atoms with Gasteiger partial charge in [-0.2, -0.15) is 10.2 Å². The Morgan fingerprint density at radius 2 is 2.12 bits per heavy atom. The van der Waals surface area contributed by atoms with Gasteiger partial charge in [-0.1, -0.05) is 0 Å². The van der Waals surface area contributed by atoms with Gasteiger partial charge in [0.2, 0.25) is 0 Å². The molecule has 2 atom stereocenters. The SMILES string of the molecule is C[C@@H]1Cc2c(C(=O)N3CCN(Cc4cn[nH]c4)CC3)n[nH]c2[C@H](C)O1. The largest absolute Gasteiger partial charge is 0.369 e. The highest BCUT2D eigenvalue weighted by Crippen LogP contribution is 2.30. The van der Waals surface area contributed by atoms with Gasteiger partial charge in [-0.15, -0.1) is 0 Å². The van der Waals surface area contributed by atoms with Gasteiger partial charge in [0, 0.05) is 56.5 Å². The van der Waals surface area contributed by atoms with Gasteiger partial charge in [-0.3, -0.25) is 19.9 Å². The van der Waals surface area contributed by atoms with E-state index in [4.69, 9.17) is 4.74 Å². The van der Waals surface area contributed by atoms with E-state index in [0.717, 1.165) is 50.4 Å². The first-order valence-electron chi connectivity index (χ1n) is 8.83. The van der Waals surface area contributed by atoms with E-state index in [1.807, 2.05) is 31.1 Å². The molecule has 25 heavy (non-hydrogen) atoms. The zero-order valence-electron chi connectivity index (χ0n) is 14.7. The number of nitrogens with one attached hydrogen (secondary N) is 2. The topological polar surface area (TPSA) is 90.1 Å². The van der Waals surface area contributed by atoms with Gasteiger partial charge < -0.3 is 9.64 Å². The quantitative estimate of drug-likeness (QED) is 0.871. The van der Waals surface area contributed by atoms with Crippen molar-refractivity contribution in [1.29, 1.82) is 0 Å². The van der Waals surface area contributed by atoms with E-state index < -0.39 is 0 Å². The molecule has 4 rings (SSSR count). The van der Waals surface area contributed by atoms with Crippen LogP contribution in [0, 0.1) is 0 Å². The molecule has 0 saturated carbocycles. The molecule has 1 saturated heterocycles. The van der Waals surface area contributed by atoms with Crippen LogP contribution < -0.4 is 0 Å². The van der Waals surface area contributed by atoms with Crippen molar-refractivity contribution in [3.63, 3.8) is 0 Å². The number of carbonyl (C=O) groups excluding carboxylic acids is 1. The highest BCUT2D eigenvalue weighted by atomic mass is 16.5. The van der Waals surface area contributed by atoms with E-state index in [1.54, 1.807) is 0 Å². The molecule has 0 unspecified atom stereocenters. The minimum Gasteiger partial charge on any atom is -0.369 e. The van der Waals surface area contributed by atoms with Crippen LogP contribution in [0.4, 0.5) is 0 Å². The number of amides is 1. The summed E-state index contributed by atoms with van der Waals surface area (Å²) in [6.45, 7) is 8.06. The fraction of sp³-hybridized carbons (Fsp3) is 0.588. The minimum absolute atomic E-state index is 0.0294. The summed E-state index contributed by atoms with van der Waals surface area (Å²) >= 11 is 0. The van der Waals surface area contributed by atoms with Crippen molar-refractivity contribution in [2.24, 2.45) is 0 Å². The minimum atomic E-state index is -0.0420. The lowest BCUT2D eigenvalue weighted by Crippen LogP contribution is -2.48. The molecule has 2 aromatic heterocycles. The summed E-state index contributed by atoms with van der Waals surface area (Å²) in [5.41, 5.74) is 3.71. The van der Waals surface area contributed by atoms with Gasteiger partial charge in [-0.25, -0.2) is 0 Å². The van der Waals surface area contributed by atoms with Crippen molar-refractivity contribution < 1.29 is 9.53 Å². The Morgan fingerprint density at radius 1 is 1.32 bits per heavy atom. The smallest absolute Gasteiger partial charge is 0.274 e. The zero-order valence-corrected chi connectivity index (χ0v) is 14.7. The van der Waals surface area contributed by atoms with E-state index >= 15 is 0 Å². The standard InChI is InChI=1S/C17H24N6O2/c1-11-7-14-15(12(2)25-11)20-21-16(14)17(24)23-5-3-22(4-6-23)10-13-8-18-19-9-13/h8-9,11-12H,3-7,10H2,1-2H3,(H,18,19)(H,20,21)/t11-,12+/m1/s1. The van der Waals surface area contributed by atoms with Crippen LogP contribution in [0.3, 0.4) is 0 Å². The maximum Gasteiger partial charge on any atom is 0.274 e. The Morgan fingerprint density at radius 3 is 2.84 bits per heavy atom. The molecular weight excluding hydrogens is 320 g/mol. The van der Waals surface area contributed by atoms with Crippen LogP contribution in [0.25, 0.3) is 0 Å². The van der Waals surface area contributed by atoms with Crippen LogP contribution in [0.15, 0.2) is 12.4 Å². The molecule has 8 heteroatoms. The molecule has 2 N–H and O–H groups in total. The molecule has 8 nitrogen and oxygen atoms in total. The third-order valence-corrected chi connectivity index (χ3v) is 5.06. The molecule has 2 aliphatic rings. The first kappa shape index (κ1) is 16.3. The summed E-state index contributed by atoms with van der Waals surface area (Å²) in [6.07, 6.45) is 4.56. The van der Waals surface area contributed by atoms with Crippen molar-refractivity contribution in [2.45, 2.75) is 39.0 Å². The van der Waals surface area contributed by atoms with Crippen molar-refractivity contribution in [1.82, 2.24) is 30.2 Å². The lowest BCUT2D eigenvalue weighted by Gasteiger charge is -2.34. The average Bonchev–Trinajstić information content (AvgIpc) is 3.24. The van der Waals surface area contributed by atoms with Gasteiger partial charge in [-0.05, 0) is 13.8 Å². The predicted octanol–water partition coefficient (Wildman–Crippen LogP) is 1.11. The monoisotopic (exact) mass is 344 g/mol. The van der Waals surface area contributed by atoms with Crippen molar-refractivity contribution in [3.8, 4) is 0 Å². The molecule has 0 spiro atoms. The molecule has 134 valence electrons. The fourth-order valence-electron chi connectivity index (χ4n) is 3.73. The molecule has 1 amide bonds. The average molecular weight is 344 g/mol. The van der Waals surface area contributed by atoms with E-state index in [9.17, 15) is 4.79 Å². The summed E-state index contributed by atoms with van der Waals surface area (Å²) in [5.74, 6) is 0.0294. The number of piperazine rings is 1. The lowest BCUT2D eigenvalue weighted by atomic mass is 9.99. The van der Waals surface area contributed by atoms with E-state index in [-0.39, 0.29) is 18.1 Å². The normalized spacial score (nSPS) is 24.3. The summed E-state index contributed by atoms with van der Waals surface area (Å²) in [5, 5.41) is 14.1. The van der Waals surface area contributed by atoms with Crippen molar-refractivity contribution >= 4 is 5.91 Å². The molecule has 0 aromatic carbocycles. The Balaban J connectivity index is 1.41. The second-order valence-electron chi connectivity index (χ2n) is 6.93. The van der Waals surface area contributed by atoms with Crippen LogP contribution >= 0.6 is 0 Å². The number of aromatic nitrogens is 4. The number of H-pyrrole nitrogens is 2. The van der Waals surface area contributed by atoms with Gasteiger partial charge in [0.25, 0.3) is 5.91 Å².